The summed E-state index contributed by atoms with van der Waals surface area (Å²) >= 11 is 0. The number of benzene rings is 15. The van der Waals surface area contributed by atoms with Crippen LogP contribution in [-0.2, 0) is 0 Å². The van der Waals surface area contributed by atoms with Crippen molar-refractivity contribution in [1.29, 1.82) is 0 Å². The van der Waals surface area contributed by atoms with Gasteiger partial charge in [0.05, 0.1) is 39.5 Å². The third kappa shape index (κ3) is 20.2. The number of aryl methyl sites for hydroxylation is 5. The van der Waals surface area contributed by atoms with E-state index in [2.05, 4.69) is 332 Å². The van der Waals surface area contributed by atoms with Crippen LogP contribution < -0.4 is 0 Å². The van der Waals surface area contributed by atoms with Crippen molar-refractivity contribution in [3.8, 4) is 152 Å². The van der Waals surface area contributed by atoms with Gasteiger partial charge in [0.2, 0.25) is 0 Å². The first-order chi connectivity index (χ1) is 62.0. The van der Waals surface area contributed by atoms with Crippen molar-refractivity contribution >= 4 is 21.8 Å². The van der Waals surface area contributed by atoms with Gasteiger partial charge in [0, 0.05) is 66.9 Å². The van der Waals surface area contributed by atoms with Crippen LogP contribution in [0.15, 0.2) is 437 Å². The van der Waals surface area contributed by atoms with Gasteiger partial charge >= 0.3 is 0 Å². The molecule has 0 aliphatic heterocycles. The van der Waals surface area contributed by atoms with Gasteiger partial charge in [0.1, 0.15) is 34.9 Å². The molecule has 0 N–H and O–H groups in total. The Morgan fingerprint density at radius 1 is 0.143 bits per heavy atom. The highest BCUT2D eigenvalue weighted by atomic mass is 15.1. The monoisotopic (exact) mass is 1630 g/mol. The van der Waals surface area contributed by atoms with Gasteiger partial charge in [-0.3, -0.25) is 4.57 Å². The molecule has 13 heteroatoms. The van der Waals surface area contributed by atoms with Crippen molar-refractivity contribution in [1.82, 2.24) is 64.4 Å². The predicted octanol–water partition coefficient (Wildman–Crippen LogP) is 27.5. The maximum Gasteiger partial charge on any atom is 0.163 e. The van der Waals surface area contributed by atoms with E-state index < -0.39 is 0 Å². The zero-order valence-electron chi connectivity index (χ0n) is 70.4. The lowest BCUT2D eigenvalue weighted by Gasteiger charge is -2.10. The molecule has 0 fully saturated rings. The predicted molar refractivity (Wildman–Crippen MR) is 514 cm³/mol. The summed E-state index contributed by atoms with van der Waals surface area (Å²) < 4.78 is 2.23. The van der Waals surface area contributed by atoms with Crippen molar-refractivity contribution in [2.75, 3.05) is 0 Å². The molecule has 0 saturated carbocycles. The molecule has 0 unspecified atom stereocenters. The quantitative estimate of drug-likeness (QED) is 0.102. The largest absolute Gasteiger partial charge is 0.294 e. The topological polar surface area (TPSA) is 160 Å². The number of nitrogens with zero attached hydrogens (tertiary/aromatic N) is 13. The van der Waals surface area contributed by atoms with Crippen molar-refractivity contribution in [3.63, 3.8) is 0 Å². The summed E-state index contributed by atoms with van der Waals surface area (Å²) in [6.07, 6.45) is 0. The standard InChI is InChI=1S/C29H22N2.C23H17N3.C23H18N2.C22H17N3.C16H13N3/c1-21-30-28(26-16-12-24(13-17-26)22-8-4-2-5-9-22)20-29(31-21)27-18-14-25(15-19-27)23-10-6-3-7-11-23;1-16-24-20(17-9-3-2-4-10-17)15-23(25-16)26-21-13-7-5-11-18(21)19-12-6-8-14-22(19)26;1-17-24-22(20-10-6-3-7-11-20)16-23(25-17)21-14-12-19(13-15-21)18-8-4-2-5-9-18;1-16-23-21(19-10-6-3-7-11-19)25-22(24-16)20-14-12-18(13-15-20)17-8-4-2-5-9-17;1-12-17-15(13-8-4-2-5-9-13)19-16(18-12)14-10-6-3-7-11-14/h2-20H,1H3;2-15H,1H3;2-16H,1H3;2-15H,1H3;2-11H,1H3. The van der Waals surface area contributed by atoms with Crippen LogP contribution in [0.25, 0.3) is 174 Å². The normalized spacial score (nSPS) is 10.7. The zero-order chi connectivity index (χ0) is 85.8. The molecule has 6 aromatic heterocycles. The fourth-order valence-corrected chi connectivity index (χ4v) is 15.0. The summed E-state index contributed by atoms with van der Waals surface area (Å²) in [4.78, 5) is 55.0. The van der Waals surface area contributed by atoms with Crippen LogP contribution >= 0.6 is 0 Å². The van der Waals surface area contributed by atoms with E-state index in [0.717, 1.165) is 125 Å². The van der Waals surface area contributed by atoms with E-state index in [-0.39, 0.29) is 0 Å². The zero-order valence-corrected chi connectivity index (χ0v) is 70.4. The first kappa shape index (κ1) is 81.7. The number of rotatable bonds is 14. The van der Waals surface area contributed by atoms with E-state index in [1.54, 1.807) is 0 Å². The van der Waals surface area contributed by atoms with Gasteiger partial charge in [-0.15, -0.1) is 0 Å². The molecule has 0 amide bonds. The molecule has 0 radical (unpaired) electrons. The third-order valence-electron chi connectivity index (χ3n) is 21.2. The molecule has 15 aromatic carbocycles. The molecule has 0 atom stereocenters. The van der Waals surface area contributed by atoms with E-state index in [4.69, 9.17) is 4.98 Å². The van der Waals surface area contributed by atoms with Crippen LogP contribution in [0.5, 0.6) is 0 Å². The number of hydrogen-bond acceptors (Lipinski definition) is 12. The molecular formula is C113H87N13. The molecule has 0 saturated heterocycles. The molecular weight excluding hydrogens is 1540 g/mol. The Balaban J connectivity index is 0.000000112. The SMILES string of the molecule is Cc1nc(-c2ccc(-c3ccccc3)cc2)cc(-c2ccc(-c3ccccc3)cc2)n1.Cc1nc(-c2ccccc2)cc(-c2ccc(-c3ccccc3)cc2)n1.Cc1nc(-c2ccccc2)cc(-n2c3ccccc3c3ccccc32)n1.Cc1nc(-c2ccccc2)nc(-c2ccc(-c3ccccc3)cc2)n1.Cc1nc(-c2ccccc2)nc(-c2ccccc2)n1. The Morgan fingerprint density at radius 2 is 0.317 bits per heavy atom. The minimum absolute atomic E-state index is 0.700. The molecule has 13 nitrogen and oxygen atoms in total. The first-order valence-corrected chi connectivity index (χ1v) is 41.9. The van der Waals surface area contributed by atoms with E-state index in [9.17, 15) is 0 Å². The van der Waals surface area contributed by atoms with E-state index in [1.807, 2.05) is 198 Å². The number of hydrogen-bond donors (Lipinski definition) is 0. The van der Waals surface area contributed by atoms with Crippen molar-refractivity contribution in [2.45, 2.75) is 34.6 Å². The highest BCUT2D eigenvalue weighted by molar-refractivity contribution is 6.09. The Morgan fingerprint density at radius 3 is 0.587 bits per heavy atom. The van der Waals surface area contributed by atoms with Crippen LogP contribution in [0.4, 0.5) is 0 Å². The number of fused-ring (bicyclic) bond motifs is 3. The fraction of sp³-hybridized carbons (Fsp3) is 0.0442. The average molecular weight is 1630 g/mol. The lowest BCUT2D eigenvalue weighted by molar-refractivity contribution is 0.985. The Hall–Kier alpha value is -16.6. The van der Waals surface area contributed by atoms with Crippen molar-refractivity contribution in [3.05, 3.63) is 466 Å². The molecule has 21 rings (SSSR count). The second-order valence-electron chi connectivity index (χ2n) is 30.1. The maximum atomic E-state index is 4.75. The van der Waals surface area contributed by atoms with E-state index >= 15 is 0 Å². The summed E-state index contributed by atoms with van der Waals surface area (Å²) in [5.74, 6) is 7.50. The molecule has 0 aliphatic rings. The summed E-state index contributed by atoms with van der Waals surface area (Å²) in [6.45, 7) is 9.62. The molecule has 21 aromatic rings. The van der Waals surface area contributed by atoms with Gasteiger partial charge < -0.3 is 0 Å². The first-order valence-electron chi connectivity index (χ1n) is 41.9. The highest BCUT2D eigenvalue weighted by Crippen LogP contribution is 2.36. The third-order valence-corrected chi connectivity index (χ3v) is 21.2. The minimum Gasteiger partial charge on any atom is -0.294 e. The summed E-state index contributed by atoms with van der Waals surface area (Å²) in [5.41, 5.74) is 26.2. The molecule has 126 heavy (non-hydrogen) atoms. The lowest BCUT2D eigenvalue weighted by Crippen LogP contribution is -2.02. The minimum atomic E-state index is 0.700. The van der Waals surface area contributed by atoms with Crippen LogP contribution in [0.2, 0.25) is 0 Å². The van der Waals surface area contributed by atoms with Crippen LogP contribution in [0, 0.1) is 34.6 Å². The summed E-state index contributed by atoms with van der Waals surface area (Å²) in [6, 6.07) is 149. The van der Waals surface area contributed by atoms with Crippen LogP contribution in [-0.4, -0.2) is 64.4 Å². The second-order valence-corrected chi connectivity index (χ2v) is 30.1. The van der Waals surface area contributed by atoms with E-state index in [1.165, 1.54) is 55.3 Å². The van der Waals surface area contributed by atoms with Gasteiger partial charge in [0.25, 0.3) is 0 Å². The van der Waals surface area contributed by atoms with Gasteiger partial charge in [-0.2, -0.15) is 0 Å². The van der Waals surface area contributed by atoms with E-state index in [0.29, 0.717) is 23.3 Å². The second kappa shape index (κ2) is 39.3. The molecule has 0 bridgehead atoms. The number of para-hydroxylation sites is 2. The van der Waals surface area contributed by atoms with Crippen LogP contribution in [0.3, 0.4) is 0 Å². The van der Waals surface area contributed by atoms with Crippen molar-refractivity contribution in [2.24, 2.45) is 0 Å². The fourth-order valence-electron chi connectivity index (χ4n) is 15.0. The van der Waals surface area contributed by atoms with Gasteiger partial charge in [-0.05, 0) is 103 Å². The highest BCUT2D eigenvalue weighted by Gasteiger charge is 2.17. The molecule has 0 spiro atoms. The van der Waals surface area contributed by atoms with Crippen LogP contribution in [0.1, 0.15) is 29.1 Å². The summed E-state index contributed by atoms with van der Waals surface area (Å²) in [5, 5.41) is 2.47. The Bertz CT molecular complexity index is 6780. The number of aromatic nitrogens is 13. The molecule has 0 aliphatic carbocycles. The Kier molecular flexibility index (Phi) is 25.5. The maximum absolute atomic E-state index is 4.75. The Labute approximate surface area is 734 Å². The molecule has 6 heterocycles. The molecule has 604 valence electrons. The van der Waals surface area contributed by atoms with Gasteiger partial charge in [-0.1, -0.05) is 406 Å². The van der Waals surface area contributed by atoms with Gasteiger partial charge in [0.15, 0.2) is 23.3 Å². The smallest absolute Gasteiger partial charge is 0.163 e. The average Bonchev–Trinajstić information content (AvgIpc) is 1.60. The van der Waals surface area contributed by atoms with Crippen molar-refractivity contribution < 1.29 is 0 Å². The van der Waals surface area contributed by atoms with Gasteiger partial charge in [-0.25, -0.2) is 59.8 Å². The lowest BCUT2D eigenvalue weighted by atomic mass is 10.0. The summed E-state index contributed by atoms with van der Waals surface area (Å²) in [7, 11) is 0.